The lowest BCUT2D eigenvalue weighted by molar-refractivity contribution is -0.384. The maximum atomic E-state index is 10.9. The molecule has 0 aromatic heterocycles. The van der Waals surface area contributed by atoms with E-state index in [1.54, 1.807) is 13.1 Å². The molecule has 1 atom stereocenters. The van der Waals surface area contributed by atoms with Crippen LogP contribution in [-0.4, -0.2) is 55.5 Å². The van der Waals surface area contributed by atoms with Gasteiger partial charge in [-0.25, -0.2) is 0 Å². The number of nitro benzene ring substituents is 1. The highest BCUT2D eigenvalue weighted by Gasteiger charge is 2.21. The molecule has 1 N–H and O–H groups in total. The monoisotopic (exact) mass is 292 g/mol. The lowest BCUT2D eigenvalue weighted by Crippen LogP contribution is -2.27. The zero-order chi connectivity index (χ0) is 15.4. The normalized spacial score (nSPS) is 19.1. The van der Waals surface area contributed by atoms with Gasteiger partial charge in [-0.1, -0.05) is 6.07 Å². The van der Waals surface area contributed by atoms with Gasteiger partial charge in [0.05, 0.1) is 4.92 Å². The fourth-order valence-electron chi connectivity index (χ4n) is 3.03. The second kappa shape index (κ2) is 6.87. The van der Waals surface area contributed by atoms with Crippen molar-refractivity contribution in [2.75, 3.05) is 46.1 Å². The maximum Gasteiger partial charge on any atom is 0.292 e. The molecule has 0 aliphatic carbocycles. The molecule has 1 heterocycles. The molecule has 0 amide bonds. The Kier molecular flexibility index (Phi) is 5.14. The summed E-state index contributed by atoms with van der Waals surface area (Å²) in [7, 11) is 5.98. The number of benzene rings is 1. The summed E-state index contributed by atoms with van der Waals surface area (Å²) in [6.07, 6.45) is 1.25. The lowest BCUT2D eigenvalue weighted by atomic mass is 10.1. The first-order valence-electron chi connectivity index (χ1n) is 7.31. The molecule has 116 valence electrons. The summed E-state index contributed by atoms with van der Waals surface area (Å²) in [5, 5.41) is 13.8. The van der Waals surface area contributed by atoms with Crippen LogP contribution in [0.3, 0.4) is 0 Å². The summed E-state index contributed by atoms with van der Waals surface area (Å²) in [6, 6.07) is 5.30. The summed E-state index contributed by atoms with van der Waals surface area (Å²) in [5.41, 5.74) is 1.80. The third-order valence-corrected chi connectivity index (χ3v) is 4.04. The highest BCUT2D eigenvalue weighted by atomic mass is 16.6. The van der Waals surface area contributed by atoms with E-state index < -0.39 is 0 Å². The van der Waals surface area contributed by atoms with Gasteiger partial charge in [0.1, 0.15) is 5.69 Å². The molecule has 1 unspecified atom stereocenters. The second-order valence-electron chi connectivity index (χ2n) is 5.97. The van der Waals surface area contributed by atoms with Gasteiger partial charge in [-0.05, 0) is 44.6 Å². The van der Waals surface area contributed by atoms with Gasteiger partial charge in [0, 0.05) is 32.7 Å². The van der Waals surface area contributed by atoms with Crippen LogP contribution in [0.5, 0.6) is 0 Å². The molecular weight excluding hydrogens is 268 g/mol. The minimum atomic E-state index is -0.353. The van der Waals surface area contributed by atoms with Gasteiger partial charge < -0.3 is 15.1 Å². The van der Waals surface area contributed by atoms with Crippen molar-refractivity contribution in [1.82, 2.24) is 9.80 Å². The van der Waals surface area contributed by atoms with Gasteiger partial charge in [-0.3, -0.25) is 10.1 Å². The van der Waals surface area contributed by atoms with E-state index in [0.717, 1.165) is 31.1 Å². The van der Waals surface area contributed by atoms with E-state index in [9.17, 15) is 10.1 Å². The van der Waals surface area contributed by atoms with Gasteiger partial charge in [0.25, 0.3) is 5.69 Å². The number of hydrogen-bond donors (Lipinski definition) is 1. The number of likely N-dealkylation sites (tertiary alicyclic amines) is 1. The van der Waals surface area contributed by atoms with Gasteiger partial charge in [0.2, 0.25) is 0 Å². The van der Waals surface area contributed by atoms with E-state index in [0.29, 0.717) is 5.69 Å². The number of anilines is 1. The number of nitrogens with zero attached hydrogens (tertiary/aromatic N) is 3. The summed E-state index contributed by atoms with van der Waals surface area (Å²) >= 11 is 0. The van der Waals surface area contributed by atoms with Gasteiger partial charge >= 0.3 is 0 Å². The van der Waals surface area contributed by atoms with Crippen LogP contribution in [0.15, 0.2) is 18.2 Å². The van der Waals surface area contributed by atoms with Crippen molar-refractivity contribution in [1.29, 1.82) is 0 Å². The topological polar surface area (TPSA) is 61.6 Å². The van der Waals surface area contributed by atoms with Gasteiger partial charge in [0.15, 0.2) is 0 Å². The molecule has 1 saturated heterocycles. The maximum absolute atomic E-state index is 10.9. The quantitative estimate of drug-likeness (QED) is 0.642. The third-order valence-electron chi connectivity index (χ3n) is 4.04. The van der Waals surface area contributed by atoms with E-state index >= 15 is 0 Å². The molecule has 1 aliphatic rings. The van der Waals surface area contributed by atoms with Crippen LogP contribution in [0, 0.1) is 16.0 Å². The Hall–Kier alpha value is -1.66. The number of nitro groups is 1. The fourth-order valence-corrected chi connectivity index (χ4v) is 3.03. The predicted molar refractivity (Wildman–Crippen MR) is 84.6 cm³/mol. The Morgan fingerprint density at radius 2 is 2.29 bits per heavy atom. The van der Waals surface area contributed by atoms with E-state index in [1.807, 2.05) is 12.1 Å². The zero-order valence-electron chi connectivity index (χ0n) is 13.0. The molecule has 21 heavy (non-hydrogen) atoms. The predicted octanol–water partition coefficient (Wildman–Crippen LogP) is 2.02. The van der Waals surface area contributed by atoms with E-state index in [1.165, 1.54) is 13.0 Å². The van der Waals surface area contributed by atoms with E-state index in [-0.39, 0.29) is 10.6 Å². The first kappa shape index (κ1) is 15.7. The smallest absolute Gasteiger partial charge is 0.292 e. The first-order chi connectivity index (χ1) is 9.99. The van der Waals surface area contributed by atoms with E-state index in [2.05, 4.69) is 29.2 Å². The zero-order valence-corrected chi connectivity index (χ0v) is 13.0. The largest absolute Gasteiger partial charge is 0.383 e. The minimum absolute atomic E-state index is 0.126. The van der Waals surface area contributed by atoms with Crippen molar-refractivity contribution in [3.05, 3.63) is 33.9 Å². The molecule has 1 aromatic rings. The number of hydrogen-bond acceptors (Lipinski definition) is 5. The average Bonchev–Trinajstić information content (AvgIpc) is 2.83. The van der Waals surface area contributed by atoms with Crippen molar-refractivity contribution < 1.29 is 4.92 Å². The molecule has 2 rings (SSSR count). The Bertz CT molecular complexity index is 506. The molecule has 0 spiro atoms. The van der Waals surface area contributed by atoms with Crippen molar-refractivity contribution in [3.63, 3.8) is 0 Å². The number of rotatable bonds is 6. The van der Waals surface area contributed by atoms with Crippen LogP contribution in [0.1, 0.15) is 12.0 Å². The Morgan fingerprint density at radius 1 is 1.52 bits per heavy atom. The Morgan fingerprint density at radius 3 is 2.86 bits per heavy atom. The summed E-state index contributed by atoms with van der Waals surface area (Å²) in [4.78, 5) is 15.2. The summed E-state index contributed by atoms with van der Waals surface area (Å²) in [5.74, 6) is 0.724. The molecule has 0 radical (unpaired) electrons. The molecule has 1 aliphatic heterocycles. The summed E-state index contributed by atoms with van der Waals surface area (Å²) in [6.45, 7) is 4.22. The standard InChI is InChI=1S/C15H24N4O2/c1-16-14-8-12(4-5-15(14)19(20)21)9-18(3)11-13-6-7-17(2)10-13/h4-5,8,13,16H,6-7,9-11H2,1-3H3. The molecule has 6 nitrogen and oxygen atoms in total. The second-order valence-corrected chi connectivity index (χ2v) is 5.97. The lowest BCUT2D eigenvalue weighted by Gasteiger charge is -2.21. The van der Waals surface area contributed by atoms with Crippen molar-refractivity contribution in [3.8, 4) is 0 Å². The first-order valence-corrected chi connectivity index (χ1v) is 7.31. The van der Waals surface area contributed by atoms with Crippen LogP contribution in [0.2, 0.25) is 0 Å². The molecule has 1 aromatic carbocycles. The average molecular weight is 292 g/mol. The van der Waals surface area contributed by atoms with Crippen LogP contribution >= 0.6 is 0 Å². The third kappa shape index (κ3) is 4.15. The molecule has 1 fully saturated rings. The highest BCUT2D eigenvalue weighted by molar-refractivity contribution is 5.62. The Balaban J connectivity index is 1.97. The van der Waals surface area contributed by atoms with E-state index in [4.69, 9.17) is 0 Å². The van der Waals surface area contributed by atoms with Crippen LogP contribution in [-0.2, 0) is 6.54 Å². The summed E-state index contributed by atoms with van der Waals surface area (Å²) < 4.78 is 0. The highest BCUT2D eigenvalue weighted by Crippen LogP contribution is 2.25. The van der Waals surface area contributed by atoms with Crippen LogP contribution in [0.25, 0.3) is 0 Å². The van der Waals surface area contributed by atoms with Gasteiger partial charge in [-0.2, -0.15) is 0 Å². The van der Waals surface area contributed by atoms with Gasteiger partial charge in [-0.15, -0.1) is 0 Å². The minimum Gasteiger partial charge on any atom is -0.383 e. The van der Waals surface area contributed by atoms with Crippen LogP contribution < -0.4 is 5.32 Å². The molecular formula is C15H24N4O2. The van der Waals surface area contributed by atoms with Crippen molar-refractivity contribution in [2.24, 2.45) is 5.92 Å². The number of nitrogens with one attached hydrogen (secondary N) is 1. The van der Waals surface area contributed by atoms with Crippen LogP contribution in [0.4, 0.5) is 11.4 Å². The fraction of sp³-hybridized carbons (Fsp3) is 0.600. The SMILES string of the molecule is CNc1cc(CN(C)CC2CCN(C)C2)ccc1[N+](=O)[O-]. The Labute approximate surface area is 125 Å². The van der Waals surface area contributed by atoms with Crippen molar-refractivity contribution in [2.45, 2.75) is 13.0 Å². The molecule has 0 bridgehead atoms. The molecule has 0 saturated carbocycles. The molecule has 6 heteroatoms. The van der Waals surface area contributed by atoms with Crippen molar-refractivity contribution >= 4 is 11.4 Å².